The van der Waals surface area contributed by atoms with Crippen LogP contribution in [0.2, 0.25) is 0 Å². The fraction of sp³-hybridized carbons (Fsp3) is 0.462. The van der Waals surface area contributed by atoms with Crippen molar-refractivity contribution in [3.8, 4) is 0 Å². The van der Waals surface area contributed by atoms with Gasteiger partial charge in [0.2, 0.25) is 10.0 Å². The minimum absolute atomic E-state index is 0.0398. The van der Waals surface area contributed by atoms with Gasteiger partial charge < -0.3 is 14.9 Å². The van der Waals surface area contributed by atoms with E-state index in [0.29, 0.717) is 5.56 Å². The number of methoxy groups -OCH3 is 1. The number of aliphatic hydroxyl groups is 2. The molecule has 21 heavy (non-hydrogen) atoms. The maximum absolute atomic E-state index is 12.3. The molecule has 1 rings (SSSR count). The van der Waals surface area contributed by atoms with Gasteiger partial charge in [0, 0.05) is 13.1 Å². The summed E-state index contributed by atoms with van der Waals surface area (Å²) < 4.78 is 30.2. The highest BCUT2D eigenvalue weighted by Gasteiger charge is 2.23. The molecule has 0 aliphatic carbocycles. The molecule has 0 amide bonds. The Bertz CT molecular complexity index is 549. The van der Waals surface area contributed by atoms with Crippen molar-refractivity contribution in [2.24, 2.45) is 0 Å². The lowest BCUT2D eigenvalue weighted by atomic mass is 10.2. The molecule has 1 aromatic rings. The van der Waals surface area contributed by atoms with Crippen molar-refractivity contribution in [2.45, 2.75) is 11.3 Å². The second kappa shape index (κ2) is 8.08. The second-order valence-electron chi connectivity index (χ2n) is 4.25. The third-order valence-electron chi connectivity index (χ3n) is 2.84. The summed E-state index contributed by atoms with van der Waals surface area (Å²) in [6.45, 7) is -0.848. The van der Waals surface area contributed by atoms with Crippen LogP contribution in [0.3, 0.4) is 0 Å². The van der Waals surface area contributed by atoms with Crippen LogP contribution in [0.1, 0.15) is 5.56 Å². The Kier molecular flexibility index (Phi) is 6.76. The largest absolute Gasteiger partial charge is 0.469 e. The van der Waals surface area contributed by atoms with E-state index in [-0.39, 0.29) is 37.6 Å². The number of hydrogen-bond donors (Lipinski definition) is 2. The summed E-state index contributed by atoms with van der Waals surface area (Å²) in [4.78, 5) is 11.2. The van der Waals surface area contributed by atoms with Crippen LogP contribution in [-0.4, -0.2) is 62.3 Å². The third kappa shape index (κ3) is 4.78. The fourth-order valence-corrected chi connectivity index (χ4v) is 3.16. The van der Waals surface area contributed by atoms with Gasteiger partial charge in [-0.3, -0.25) is 4.79 Å². The van der Waals surface area contributed by atoms with Crippen molar-refractivity contribution >= 4 is 16.0 Å². The first kappa shape index (κ1) is 17.6. The Morgan fingerprint density at radius 1 is 1.14 bits per heavy atom. The van der Waals surface area contributed by atoms with E-state index in [4.69, 9.17) is 10.2 Å². The number of carbonyl (C=O) groups excluding carboxylic acids is 1. The first-order chi connectivity index (χ1) is 9.95. The minimum atomic E-state index is -3.78. The Morgan fingerprint density at radius 2 is 1.67 bits per heavy atom. The predicted octanol–water partition coefficient (Wildman–Crippen LogP) is -0.623. The van der Waals surface area contributed by atoms with Gasteiger partial charge in [0.15, 0.2) is 0 Å². The molecule has 118 valence electrons. The van der Waals surface area contributed by atoms with Crippen LogP contribution in [0.25, 0.3) is 0 Å². The molecule has 8 heteroatoms. The Morgan fingerprint density at radius 3 is 2.10 bits per heavy atom. The summed E-state index contributed by atoms with van der Waals surface area (Å²) in [7, 11) is -2.50. The molecule has 0 aromatic heterocycles. The van der Waals surface area contributed by atoms with E-state index < -0.39 is 16.0 Å². The molecule has 0 saturated carbocycles. The molecule has 1 aromatic carbocycles. The molecule has 0 aliphatic heterocycles. The summed E-state index contributed by atoms with van der Waals surface area (Å²) >= 11 is 0. The third-order valence-corrected chi connectivity index (χ3v) is 4.75. The number of benzene rings is 1. The topological polar surface area (TPSA) is 104 Å². The van der Waals surface area contributed by atoms with Gasteiger partial charge in [-0.25, -0.2) is 8.42 Å². The maximum Gasteiger partial charge on any atom is 0.309 e. The molecule has 0 bridgehead atoms. The van der Waals surface area contributed by atoms with Crippen LogP contribution in [-0.2, 0) is 26.0 Å². The monoisotopic (exact) mass is 317 g/mol. The van der Waals surface area contributed by atoms with Crippen molar-refractivity contribution in [1.82, 2.24) is 4.31 Å². The van der Waals surface area contributed by atoms with Crippen LogP contribution in [0.15, 0.2) is 29.2 Å². The summed E-state index contributed by atoms with van der Waals surface area (Å²) in [5.41, 5.74) is 0.636. The first-order valence-electron chi connectivity index (χ1n) is 6.33. The number of rotatable bonds is 8. The number of hydrogen-bond acceptors (Lipinski definition) is 6. The van der Waals surface area contributed by atoms with Gasteiger partial charge in [0.1, 0.15) is 0 Å². The second-order valence-corrected chi connectivity index (χ2v) is 6.19. The lowest BCUT2D eigenvalue weighted by Gasteiger charge is -2.20. The normalized spacial score (nSPS) is 11.6. The summed E-state index contributed by atoms with van der Waals surface area (Å²) in [6, 6.07) is 5.82. The number of aliphatic hydroxyl groups excluding tert-OH is 2. The van der Waals surface area contributed by atoms with Gasteiger partial charge in [-0.2, -0.15) is 4.31 Å². The van der Waals surface area contributed by atoms with Crippen LogP contribution in [0.5, 0.6) is 0 Å². The van der Waals surface area contributed by atoms with Gasteiger partial charge in [-0.1, -0.05) is 12.1 Å². The SMILES string of the molecule is COC(=O)Cc1ccc(S(=O)(=O)N(CCO)CCO)cc1. The van der Waals surface area contributed by atoms with E-state index in [1.54, 1.807) is 0 Å². The molecule has 0 unspecified atom stereocenters. The van der Waals surface area contributed by atoms with E-state index in [1.807, 2.05) is 0 Å². The van der Waals surface area contributed by atoms with Crippen LogP contribution in [0.4, 0.5) is 0 Å². The lowest BCUT2D eigenvalue weighted by Crippen LogP contribution is -2.35. The molecule has 0 spiro atoms. The first-order valence-corrected chi connectivity index (χ1v) is 7.77. The van der Waals surface area contributed by atoms with Crippen molar-refractivity contribution in [2.75, 3.05) is 33.4 Å². The van der Waals surface area contributed by atoms with E-state index in [9.17, 15) is 13.2 Å². The molecule has 0 atom stereocenters. The lowest BCUT2D eigenvalue weighted by molar-refractivity contribution is -0.139. The van der Waals surface area contributed by atoms with Crippen molar-refractivity contribution in [3.05, 3.63) is 29.8 Å². The van der Waals surface area contributed by atoms with Gasteiger partial charge in [0.25, 0.3) is 0 Å². The van der Waals surface area contributed by atoms with E-state index in [0.717, 1.165) is 4.31 Å². The Balaban J connectivity index is 2.95. The molecule has 0 aliphatic rings. The number of nitrogens with zero attached hydrogens (tertiary/aromatic N) is 1. The highest BCUT2D eigenvalue weighted by molar-refractivity contribution is 7.89. The highest BCUT2D eigenvalue weighted by Crippen LogP contribution is 2.16. The molecule has 2 N–H and O–H groups in total. The van der Waals surface area contributed by atoms with Gasteiger partial charge in [-0.15, -0.1) is 0 Å². The summed E-state index contributed by atoms with van der Waals surface area (Å²) in [5, 5.41) is 17.8. The van der Waals surface area contributed by atoms with Crippen LogP contribution >= 0.6 is 0 Å². The molecule has 0 saturated heterocycles. The van der Waals surface area contributed by atoms with Crippen LogP contribution < -0.4 is 0 Å². The molecular weight excluding hydrogens is 298 g/mol. The smallest absolute Gasteiger partial charge is 0.309 e. The van der Waals surface area contributed by atoms with Gasteiger partial charge >= 0.3 is 5.97 Å². The fourth-order valence-electron chi connectivity index (χ4n) is 1.74. The van der Waals surface area contributed by atoms with Crippen molar-refractivity contribution in [3.63, 3.8) is 0 Å². The Hall–Kier alpha value is -1.48. The molecule has 7 nitrogen and oxygen atoms in total. The predicted molar refractivity (Wildman–Crippen MR) is 75.1 cm³/mol. The number of carbonyl (C=O) groups is 1. The molecule has 0 fully saturated rings. The standard InChI is InChI=1S/C13H19NO6S/c1-20-13(17)10-11-2-4-12(5-3-11)21(18,19)14(6-8-15)7-9-16/h2-5,15-16H,6-10H2,1H3. The van der Waals surface area contributed by atoms with Gasteiger partial charge in [0.05, 0.1) is 31.6 Å². The molecule has 0 radical (unpaired) electrons. The zero-order chi connectivity index (χ0) is 15.9. The molecular formula is C13H19NO6S. The number of sulfonamides is 1. The van der Waals surface area contributed by atoms with Crippen LogP contribution in [0, 0.1) is 0 Å². The maximum atomic E-state index is 12.3. The summed E-state index contributed by atoms with van der Waals surface area (Å²) in [5.74, 6) is -0.409. The number of esters is 1. The zero-order valence-corrected chi connectivity index (χ0v) is 12.5. The highest BCUT2D eigenvalue weighted by atomic mass is 32.2. The van der Waals surface area contributed by atoms with Gasteiger partial charge in [-0.05, 0) is 17.7 Å². The van der Waals surface area contributed by atoms with Crippen molar-refractivity contribution in [1.29, 1.82) is 0 Å². The summed E-state index contributed by atoms with van der Waals surface area (Å²) in [6.07, 6.45) is 0.0633. The molecule has 0 heterocycles. The minimum Gasteiger partial charge on any atom is -0.469 e. The van der Waals surface area contributed by atoms with Crippen molar-refractivity contribution < 1.29 is 28.2 Å². The van der Waals surface area contributed by atoms with E-state index >= 15 is 0 Å². The average Bonchev–Trinajstić information content (AvgIpc) is 2.47. The number of ether oxygens (including phenoxy) is 1. The Labute approximate surface area is 123 Å². The quantitative estimate of drug-likeness (QED) is 0.619. The zero-order valence-electron chi connectivity index (χ0n) is 11.7. The van der Waals surface area contributed by atoms with E-state index in [1.165, 1.54) is 31.4 Å². The average molecular weight is 317 g/mol. The van der Waals surface area contributed by atoms with E-state index in [2.05, 4.69) is 4.74 Å².